The molecule has 0 spiro atoms. The summed E-state index contributed by atoms with van der Waals surface area (Å²) >= 11 is 0. The van der Waals surface area contributed by atoms with Crippen molar-refractivity contribution in [2.75, 3.05) is 26.2 Å². The molecule has 1 aromatic carbocycles. The summed E-state index contributed by atoms with van der Waals surface area (Å²) in [4.78, 5) is 5.34. The Bertz CT molecular complexity index is 714. The summed E-state index contributed by atoms with van der Waals surface area (Å²) in [5.41, 5.74) is 1.24. The summed E-state index contributed by atoms with van der Waals surface area (Å²) < 4.78 is 1.99. The van der Waals surface area contributed by atoms with Crippen molar-refractivity contribution in [3.63, 3.8) is 0 Å². The lowest BCUT2D eigenvalue weighted by molar-refractivity contribution is 0.0394. The number of tetrazole rings is 1. The maximum Gasteiger partial charge on any atom is 0.169 e. The summed E-state index contributed by atoms with van der Waals surface area (Å²) in [6, 6.07) is 11.6. The Balaban J connectivity index is 1.44. The van der Waals surface area contributed by atoms with E-state index in [-0.39, 0.29) is 6.04 Å². The maximum absolute atomic E-state index is 4.46. The van der Waals surface area contributed by atoms with Gasteiger partial charge in [-0.05, 0) is 34.7 Å². The zero-order valence-electron chi connectivity index (χ0n) is 17.4. The topological polar surface area (TPSA) is 50.1 Å². The molecule has 0 radical (unpaired) electrons. The Hall–Kier alpha value is -1.79. The van der Waals surface area contributed by atoms with Crippen molar-refractivity contribution in [3.05, 3.63) is 41.7 Å². The van der Waals surface area contributed by atoms with Gasteiger partial charge in [0.25, 0.3) is 0 Å². The lowest BCUT2D eigenvalue weighted by atomic mass is 9.93. The van der Waals surface area contributed by atoms with Crippen LogP contribution in [0.15, 0.2) is 30.3 Å². The fourth-order valence-corrected chi connectivity index (χ4v) is 5.00. The number of aromatic nitrogens is 4. The largest absolute Gasteiger partial charge is 0.298 e. The van der Waals surface area contributed by atoms with E-state index in [9.17, 15) is 0 Å². The number of nitrogens with zero attached hydrogens (tertiary/aromatic N) is 6. The molecule has 1 aromatic heterocycles. The molecular weight excluding hydrogens is 348 g/mol. The van der Waals surface area contributed by atoms with Gasteiger partial charge in [0.1, 0.15) is 0 Å². The number of benzene rings is 1. The Kier molecular flexibility index (Phi) is 6.37. The van der Waals surface area contributed by atoms with Gasteiger partial charge < -0.3 is 0 Å². The van der Waals surface area contributed by atoms with Crippen molar-refractivity contribution < 1.29 is 0 Å². The van der Waals surface area contributed by atoms with Crippen LogP contribution in [0, 0.1) is 5.92 Å². The van der Waals surface area contributed by atoms with Crippen LogP contribution < -0.4 is 0 Å². The van der Waals surface area contributed by atoms with Crippen molar-refractivity contribution in [2.24, 2.45) is 5.92 Å². The molecule has 1 saturated carbocycles. The van der Waals surface area contributed by atoms with Crippen LogP contribution in [0.4, 0.5) is 0 Å². The lowest BCUT2D eigenvalue weighted by Crippen LogP contribution is -2.52. The first kappa shape index (κ1) is 19.5. The second-order valence-electron chi connectivity index (χ2n) is 8.73. The molecule has 0 N–H and O–H groups in total. The smallest absolute Gasteiger partial charge is 0.169 e. The molecule has 2 aliphatic rings. The van der Waals surface area contributed by atoms with Crippen LogP contribution in [0.1, 0.15) is 63.4 Å². The van der Waals surface area contributed by atoms with E-state index in [1.807, 2.05) is 10.7 Å². The molecule has 4 rings (SSSR count). The molecular formula is C22H34N6. The molecule has 28 heavy (non-hydrogen) atoms. The molecule has 1 atom stereocenters. The number of rotatable bonds is 6. The highest BCUT2D eigenvalue weighted by Crippen LogP contribution is 2.30. The van der Waals surface area contributed by atoms with Crippen molar-refractivity contribution >= 4 is 0 Å². The van der Waals surface area contributed by atoms with Crippen molar-refractivity contribution in [1.82, 2.24) is 30.0 Å². The zero-order chi connectivity index (χ0) is 19.3. The van der Waals surface area contributed by atoms with Crippen LogP contribution in [0.5, 0.6) is 0 Å². The quantitative estimate of drug-likeness (QED) is 0.767. The third-order valence-electron chi connectivity index (χ3n) is 6.46. The number of hydrogen-bond acceptors (Lipinski definition) is 5. The van der Waals surface area contributed by atoms with Crippen LogP contribution in [0.3, 0.4) is 0 Å². The fourth-order valence-electron chi connectivity index (χ4n) is 5.00. The van der Waals surface area contributed by atoms with E-state index in [1.165, 1.54) is 50.8 Å². The summed E-state index contributed by atoms with van der Waals surface area (Å²) in [6.07, 6.45) is 7.03. The Morgan fingerprint density at radius 1 is 0.964 bits per heavy atom. The molecule has 0 amide bonds. The van der Waals surface area contributed by atoms with E-state index < -0.39 is 0 Å². The first-order chi connectivity index (χ1) is 13.7. The van der Waals surface area contributed by atoms with E-state index in [1.54, 1.807) is 0 Å². The number of piperazine rings is 1. The van der Waals surface area contributed by atoms with E-state index in [4.69, 9.17) is 0 Å². The van der Waals surface area contributed by atoms with Crippen molar-refractivity contribution in [2.45, 2.75) is 64.6 Å². The Morgan fingerprint density at radius 2 is 1.68 bits per heavy atom. The molecule has 2 heterocycles. The first-order valence-corrected chi connectivity index (χ1v) is 11.0. The highest BCUT2D eigenvalue weighted by Gasteiger charge is 2.33. The van der Waals surface area contributed by atoms with Gasteiger partial charge in [-0.25, -0.2) is 4.68 Å². The molecule has 0 unspecified atom stereocenters. The Morgan fingerprint density at radius 3 is 2.36 bits per heavy atom. The SMILES string of the molecule is CC(C)[C@H](c1nnnn1Cc1ccccc1)N1CCN(C2CCCCC2)CC1. The third-order valence-corrected chi connectivity index (χ3v) is 6.46. The van der Waals surface area contributed by atoms with Crippen LogP contribution in [0.25, 0.3) is 0 Å². The average Bonchev–Trinajstić information content (AvgIpc) is 3.17. The Labute approximate surface area is 168 Å². The van der Waals surface area contributed by atoms with E-state index in [0.29, 0.717) is 5.92 Å². The van der Waals surface area contributed by atoms with Gasteiger partial charge >= 0.3 is 0 Å². The maximum atomic E-state index is 4.46. The minimum Gasteiger partial charge on any atom is -0.298 e. The normalized spacial score (nSPS) is 21.2. The first-order valence-electron chi connectivity index (χ1n) is 11.0. The standard InChI is InChI=1S/C22H34N6/c1-18(2)21(22-23-24-25-28(22)17-19-9-5-3-6-10-19)27-15-13-26(14-16-27)20-11-7-4-8-12-20/h3,5-6,9-10,18,20-21H,4,7-8,11-17H2,1-2H3/t21-/m1/s1. The highest BCUT2D eigenvalue weighted by molar-refractivity contribution is 5.15. The summed E-state index contributed by atoms with van der Waals surface area (Å²) in [6.45, 7) is 9.88. The second-order valence-corrected chi connectivity index (χ2v) is 8.73. The molecule has 6 nitrogen and oxygen atoms in total. The van der Waals surface area contributed by atoms with Crippen LogP contribution in [0.2, 0.25) is 0 Å². The predicted octanol–water partition coefficient (Wildman–Crippen LogP) is 3.37. The van der Waals surface area contributed by atoms with Crippen molar-refractivity contribution in [1.29, 1.82) is 0 Å². The zero-order valence-corrected chi connectivity index (χ0v) is 17.4. The molecule has 1 saturated heterocycles. The molecule has 2 fully saturated rings. The monoisotopic (exact) mass is 382 g/mol. The molecule has 1 aliphatic carbocycles. The van der Waals surface area contributed by atoms with Crippen LogP contribution in [-0.4, -0.2) is 62.2 Å². The van der Waals surface area contributed by atoms with E-state index in [2.05, 4.69) is 63.4 Å². The van der Waals surface area contributed by atoms with Gasteiger partial charge in [0, 0.05) is 32.2 Å². The van der Waals surface area contributed by atoms with Gasteiger partial charge in [-0.1, -0.05) is 63.4 Å². The van der Waals surface area contributed by atoms with E-state index in [0.717, 1.165) is 31.5 Å². The third kappa shape index (κ3) is 4.44. The van der Waals surface area contributed by atoms with Crippen LogP contribution >= 0.6 is 0 Å². The molecule has 1 aliphatic heterocycles. The van der Waals surface area contributed by atoms with Gasteiger partial charge in [-0.2, -0.15) is 0 Å². The predicted molar refractivity (Wildman–Crippen MR) is 111 cm³/mol. The van der Waals surface area contributed by atoms with Crippen molar-refractivity contribution in [3.8, 4) is 0 Å². The summed E-state index contributed by atoms with van der Waals surface area (Å²) in [7, 11) is 0. The summed E-state index contributed by atoms with van der Waals surface area (Å²) in [5, 5.41) is 12.8. The van der Waals surface area contributed by atoms with Gasteiger partial charge in [0.2, 0.25) is 0 Å². The lowest BCUT2D eigenvalue weighted by Gasteiger charge is -2.43. The summed E-state index contributed by atoms with van der Waals surface area (Å²) in [5.74, 6) is 1.48. The van der Waals surface area contributed by atoms with Gasteiger partial charge in [0.05, 0.1) is 12.6 Å². The van der Waals surface area contributed by atoms with Gasteiger partial charge in [-0.3, -0.25) is 9.80 Å². The molecule has 6 heteroatoms. The minimum absolute atomic E-state index is 0.271. The minimum atomic E-state index is 0.271. The van der Waals surface area contributed by atoms with Gasteiger partial charge in [-0.15, -0.1) is 5.10 Å². The fraction of sp³-hybridized carbons (Fsp3) is 0.682. The van der Waals surface area contributed by atoms with Gasteiger partial charge in [0.15, 0.2) is 5.82 Å². The van der Waals surface area contributed by atoms with E-state index >= 15 is 0 Å². The molecule has 152 valence electrons. The van der Waals surface area contributed by atoms with Crippen LogP contribution in [-0.2, 0) is 6.54 Å². The average molecular weight is 383 g/mol. The number of hydrogen-bond donors (Lipinski definition) is 0. The molecule has 2 aromatic rings. The highest BCUT2D eigenvalue weighted by atomic mass is 15.6. The second kappa shape index (κ2) is 9.14. The molecule has 0 bridgehead atoms.